The maximum absolute atomic E-state index is 0. The summed E-state index contributed by atoms with van der Waals surface area (Å²) in [6.07, 6.45) is 0. The van der Waals surface area contributed by atoms with Crippen molar-refractivity contribution in [2.24, 2.45) is 0 Å². The van der Waals surface area contributed by atoms with Gasteiger partial charge >= 0.3 is 0 Å². The molecular weight excluding hydrogens is 224 g/mol. The number of hydrogen-bond donors (Lipinski definition) is 0. The minimum atomic E-state index is 0. The monoisotopic (exact) mass is 234 g/mol. The van der Waals surface area contributed by atoms with Crippen molar-refractivity contribution in [1.29, 1.82) is 0 Å². The largest absolute Gasteiger partial charge is 0.197 e. The van der Waals surface area contributed by atoms with Crippen molar-refractivity contribution in [2.75, 3.05) is 0 Å². The molecule has 38 valence electrons. The number of hydrogen-bond acceptors (Lipinski definition) is 0. The average Bonchev–Trinajstić information content (AvgIpc) is 0. The molecule has 0 aromatic carbocycles. The smallest absolute Gasteiger partial charge is 0 e. The predicted molar refractivity (Wildman–Crippen MR) is 41.5 cm³/mol. The van der Waals surface area contributed by atoms with E-state index in [0.717, 1.165) is 0 Å². The van der Waals surface area contributed by atoms with Crippen LogP contribution in [0.25, 0.3) is 0 Å². The van der Waals surface area contributed by atoms with Crippen molar-refractivity contribution in [3.8, 4) is 0 Å². The van der Waals surface area contributed by atoms with Gasteiger partial charge in [-0.1, -0.05) is 0 Å². The van der Waals surface area contributed by atoms with Crippen LogP contribution in [0.15, 0.2) is 0 Å². The summed E-state index contributed by atoms with van der Waals surface area (Å²) in [5, 5.41) is 0. The van der Waals surface area contributed by atoms with Crippen LogP contribution in [0.2, 0.25) is 0 Å². The quantitative estimate of drug-likeness (QED) is 0.532. The van der Waals surface area contributed by atoms with Crippen LogP contribution < -0.4 is 0 Å². The second-order valence-electron chi connectivity index (χ2n) is 0. The first-order chi connectivity index (χ1) is 0. The minimum absolute atomic E-state index is 0. The molecule has 0 spiro atoms. The van der Waals surface area contributed by atoms with E-state index in [2.05, 4.69) is 0 Å². The van der Waals surface area contributed by atoms with Gasteiger partial charge in [0.05, 0.1) is 0 Å². The molecule has 0 saturated heterocycles. The molecule has 0 aliphatic rings. The van der Waals surface area contributed by atoms with Gasteiger partial charge in [0, 0.05) is 21.1 Å². The van der Waals surface area contributed by atoms with Crippen molar-refractivity contribution in [1.82, 2.24) is 0 Å². The molecule has 0 bridgehead atoms. The van der Waals surface area contributed by atoms with Gasteiger partial charge in [-0.05, 0) is 0 Å². The summed E-state index contributed by atoms with van der Waals surface area (Å²) in [5.41, 5.74) is 0. The van der Waals surface area contributed by atoms with E-state index < -0.39 is 0 Å². The Hall–Kier alpha value is 2.09. The molecule has 0 rings (SSSR count). The van der Waals surface area contributed by atoms with Crippen molar-refractivity contribution < 1.29 is 21.1 Å². The molecule has 5 heavy (non-hydrogen) atoms. The Bertz CT molecular complexity index is 3.61. The van der Waals surface area contributed by atoms with Crippen molar-refractivity contribution in [2.45, 2.75) is 0 Å². The molecule has 0 nitrogen and oxygen atoms in total. The van der Waals surface area contributed by atoms with Gasteiger partial charge in [0.25, 0.3) is 0 Å². The summed E-state index contributed by atoms with van der Waals surface area (Å²) < 4.78 is 0. The molecule has 0 aromatic heterocycles. The third-order valence-corrected chi connectivity index (χ3v) is 0. The summed E-state index contributed by atoms with van der Waals surface area (Å²) in [4.78, 5) is 0. The van der Waals surface area contributed by atoms with Crippen LogP contribution in [0.4, 0.5) is 0 Å². The van der Waals surface area contributed by atoms with Gasteiger partial charge < -0.3 is 0 Å². The van der Waals surface area contributed by atoms with Gasteiger partial charge in [-0.15, -0.1) is 0 Å². The van der Waals surface area contributed by atoms with E-state index in [9.17, 15) is 0 Å². The molecule has 0 aliphatic carbocycles. The third kappa shape index (κ3) is 23.3. The topological polar surface area (TPSA) is 0 Å². The summed E-state index contributed by atoms with van der Waals surface area (Å²) >= 11 is 0. The molecule has 0 N–H and O–H groups in total. The maximum Gasteiger partial charge on any atom is 0 e. The molecule has 0 aliphatic heterocycles. The van der Waals surface area contributed by atoms with E-state index in [4.69, 9.17) is 0 Å². The van der Waals surface area contributed by atoms with Crippen molar-refractivity contribution in [3.05, 3.63) is 0 Å². The molecule has 0 radical (unpaired) electrons. The molecule has 0 atom stereocenters. The number of rotatable bonds is 0. The Kier molecular flexibility index (Phi) is 436. The first-order valence-electron chi connectivity index (χ1n) is 0. The first kappa shape index (κ1) is 60.2. The van der Waals surface area contributed by atoms with E-state index in [1.807, 2.05) is 0 Å². The zero-order valence-electron chi connectivity index (χ0n) is 2.41. The molecule has 0 unspecified atom stereocenters. The molecule has 0 saturated carbocycles. The van der Waals surface area contributed by atoms with E-state index in [0.29, 0.717) is 0 Å². The van der Waals surface area contributed by atoms with Crippen LogP contribution in [0.3, 0.4) is 0 Å². The van der Waals surface area contributed by atoms with E-state index in [-0.39, 0.29) is 75.0 Å². The second kappa shape index (κ2) is 36.1. The fourth-order valence-corrected chi connectivity index (χ4v) is 0. The molecule has 5 heteroatoms. The fourth-order valence-electron chi connectivity index (χ4n) is 0. The van der Waals surface area contributed by atoms with Crippen LogP contribution in [-0.4, -0.2) is 0 Å². The summed E-state index contributed by atoms with van der Waals surface area (Å²) in [5.74, 6) is 0. The van der Waals surface area contributed by atoms with E-state index in [1.165, 1.54) is 0 Å². The predicted octanol–water partition coefficient (Wildman–Crippen LogP) is 0.449. The minimum Gasteiger partial charge on any atom is -0.197 e. The standard InChI is InChI=1S/Mo.4H2S/h;4*1H2. The second-order valence-corrected chi connectivity index (χ2v) is 0. The summed E-state index contributed by atoms with van der Waals surface area (Å²) in [7, 11) is 0. The van der Waals surface area contributed by atoms with Crippen LogP contribution in [0.1, 0.15) is 0 Å². The molecular formula is H8MoS4. The molecule has 0 amide bonds. The van der Waals surface area contributed by atoms with Gasteiger partial charge in [-0.25, -0.2) is 0 Å². The normalized spacial score (nSPS) is 0. The van der Waals surface area contributed by atoms with Gasteiger partial charge in [0.2, 0.25) is 0 Å². The molecule has 0 aromatic rings. The summed E-state index contributed by atoms with van der Waals surface area (Å²) in [6.45, 7) is 0. The Morgan fingerprint density at radius 1 is 0.400 bits per heavy atom. The van der Waals surface area contributed by atoms with Crippen molar-refractivity contribution >= 4 is 54.0 Å². The van der Waals surface area contributed by atoms with Crippen LogP contribution >= 0.6 is 54.0 Å². The van der Waals surface area contributed by atoms with Gasteiger partial charge in [-0.2, -0.15) is 54.0 Å². The molecule has 0 fully saturated rings. The first-order valence-corrected chi connectivity index (χ1v) is 0. The van der Waals surface area contributed by atoms with Crippen LogP contribution in [-0.2, 0) is 21.1 Å². The van der Waals surface area contributed by atoms with E-state index >= 15 is 0 Å². The maximum atomic E-state index is 0. The summed E-state index contributed by atoms with van der Waals surface area (Å²) in [6, 6.07) is 0. The SMILES string of the molecule is S.S.S.S.[Mo]. The Labute approximate surface area is 74.5 Å². The van der Waals surface area contributed by atoms with E-state index in [1.54, 1.807) is 0 Å². The van der Waals surface area contributed by atoms with Gasteiger partial charge in [-0.3, -0.25) is 0 Å². The van der Waals surface area contributed by atoms with Crippen molar-refractivity contribution in [3.63, 3.8) is 0 Å². The van der Waals surface area contributed by atoms with Crippen LogP contribution in [0, 0.1) is 0 Å². The third-order valence-electron chi connectivity index (χ3n) is 0. The zero-order valence-corrected chi connectivity index (χ0v) is 8.42. The Morgan fingerprint density at radius 3 is 0.400 bits per heavy atom. The Balaban J connectivity index is 0. The average molecular weight is 232 g/mol. The van der Waals surface area contributed by atoms with Gasteiger partial charge in [0.1, 0.15) is 0 Å². The van der Waals surface area contributed by atoms with Gasteiger partial charge in [0.15, 0.2) is 0 Å². The molecule has 0 heterocycles. The zero-order chi connectivity index (χ0) is 0. The Morgan fingerprint density at radius 2 is 0.400 bits per heavy atom. The van der Waals surface area contributed by atoms with Crippen LogP contribution in [0.5, 0.6) is 0 Å². The fraction of sp³-hybridized carbons (Fsp3) is 0.